The average molecular weight is 279 g/mol. The summed E-state index contributed by atoms with van der Waals surface area (Å²) >= 11 is 1.68. The van der Waals surface area contributed by atoms with Gasteiger partial charge in [0.05, 0.1) is 10.4 Å². The number of amides is 1. The van der Waals surface area contributed by atoms with Gasteiger partial charge in [0.1, 0.15) is 0 Å². The minimum atomic E-state index is -0.177. The van der Waals surface area contributed by atoms with Crippen LogP contribution in [0.3, 0.4) is 0 Å². The summed E-state index contributed by atoms with van der Waals surface area (Å²) in [4.78, 5) is 18.1. The fraction of sp³-hybridized carbons (Fsp3) is 0.583. The molecule has 0 bridgehead atoms. The number of fused-ring (bicyclic) bond motifs is 1. The highest BCUT2D eigenvalue weighted by Crippen LogP contribution is 2.32. The molecule has 19 heavy (non-hydrogen) atoms. The molecular weight excluding hydrogens is 262 g/mol. The Hall–Kier alpha value is -1.63. The standard InChI is InChI=1S/C12H17N5OS/c1-7-9-11(16(2)15-7)14-12(19-9)17-5-3-8(4-6-17)10(13)18/h8H,3-6H2,1-2H3,(H2,13,18). The number of aryl methyl sites for hydroxylation is 2. The summed E-state index contributed by atoms with van der Waals surface area (Å²) in [7, 11) is 1.91. The molecule has 1 amide bonds. The first-order valence-corrected chi connectivity index (χ1v) is 7.22. The number of hydrogen-bond acceptors (Lipinski definition) is 5. The summed E-state index contributed by atoms with van der Waals surface area (Å²) in [5, 5.41) is 5.38. The Balaban J connectivity index is 1.82. The summed E-state index contributed by atoms with van der Waals surface area (Å²) in [5.74, 6) is -0.155. The van der Waals surface area contributed by atoms with Crippen molar-refractivity contribution in [3.8, 4) is 0 Å². The molecule has 0 aliphatic carbocycles. The normalized spacial score (nSPS) is 17.3. The van der Waals surface area contributed by atoms with E-state index in [9.17, 15) is 4.79 Å². The molecule has 0 aromatic carbocycles. The van der Waals surface area contributed by atoms with E-state index in [4.69, 9.17) is 5.73 Å². The number of anilines is 1. The molecule has 0 saturated carbocycles. The van der Waals surface area contributed by atoms with Gasteiger partial charge in [0, 0.05) is 26.1 Å². The second kappa shape index (κ2) is 4.48. The van der Waals surface area contributed by atoms with Crippen LogP contribution in [-0.2, 0) is 11.8 Å². The van der Waals surface area contributed by atoms with Crippen LogP contribution in [-0.4, -0.2) is 33.8 Å². The minimum Gasteiger partial charge on any atom is -0.369 e. The summed E-state index contributed by atoms with van der Waals surface area (Å²) < 4.78 is 2.97. The number of piperidine rings is 1. The van der Waals surface area contributed by atoms with Gasteiger partial charge in [-0.15, -0.1) is 0 Å². The Morgan fingerprint density at radius 2 is 2.11 bits per heavy atom. The Bertz CT molecular complexity index is 589. The number of nitrogens with two attached hydrogens (primary N) is 1. The van der Waals surface area contributed by atoms with Crippen LogP contribution in [0.4, 0.5) is 5.13 Å². The molecule has 1 aliphatic rings. The molecule has 0 radical (unpaired) electrons. The van der Waals surface area contributed by atoms with Crippen LogP contribution < -0.4 is 10.6 Å². The molecule has 3 rings (SSSR count). The van der Waals surface area contributed by atoms with Crippen molar-refractivity contribution in [1.29, 1.82) is 0 Å². The van der Waals surface area contributed by atoms with Crippen LogP contribution >= 0.6 is 11.3 Å². The Kier molecular flexibility index (Phi) is 2.93. The molecular formula is C12H17N5OS. The Morgan fingerprint density at radius 1 is 1.42 bits per heavy atom. The molecule has 102 valence electrons. The third kappa shape index (κ3) is 2.07. The molecule has 7 heteroatoms. The van der Waals surface area contributed by atoms with E-state index in [0.29, 0.717) is 0 Å². The lowest BCUT2D eigenvalue weighted by molar-refractivity contribution is -0.122. The summed E-state index contributed by atoms with van der Waals surface area (Å²) in [6.45, 7) is 3.70. The molecule has 2 aromatic rings. The van der Waals surface area contributed by atoms with Gasteiger partial charge in [0.15, 0.2) is 10.8 Å². The topological polar surface area (TPSA) is 77.0 Å². The van der Waals surface area contributed by atoms with E-state index < -0.39 is 0 Å². The zero-order chi connectivity index (χ0) is 13.6. The SMILES string of the molecule is Cc1nn(C)c2nc(N3CCC(C(N)=O)CC3)sc12. The van der Waals surface area contributed by atoms with Gasteiger partial charge in [-0.2, -0.15) is 5.10 Å². The summed E-state index contributed by atoms with van der Waals surface area (Å²) in [6.07, 6.45) is 1.64. The van der Waals surface area contributed by atoms with E-state index in [-0.39, 0.29) is 11.8 Å². The third-order valence-corrected chi connectivity index (χ3v) is 4.92. The Morgan fingerprint density at radius 3 is 2.68 bits per heavy atom. The van der Waals surface area contributed by atoms with Crippen LogP contribution in [0.1, 0.15) is 18.5 Å². The predicted octanol–water partition coefficient (Wildman–Crippen LogP) is 1.04. The number of carbonyl (C=O) groups excluding carboxylic acids is 1. The van der Waals surface area contributed by atoms with Crippen LogP contribution in [0, 0.1) is 12.8 Å². The van der Waals surface area contributed by atoms with E-state index in [1.54, 1.807) is 11.3 Å². The molecule has 0 spiro atoms. The largest absolute Gasteiger partial charge is 0.369 e. The third-order valence-electron chi connectivity index (χ3n) is 3.70. The lowest BCUT2D eigenvalue weighted by Gasteiger charge is -2.30. The van der Waals surface area contributed by atoms with Crippen molar-refractivity contribution in [3.63, 3.8) is 0 Å². The van der Waals surface area contributed by atoms with Crippen molar-refractivity contribution in [3.05, 3.63) is 5.69 Å². The van der Waals surface area contributed by atoms with Gasteiger partial charge in [-0.3, -0.25) is 4.79 Å². The molecule has 2 aromatic heterocycles. The van der Waals surface area contributed by atoms with Gasteiger partial charge in [0.2, 0.25) is 5.91 Å². The first kappa shape index (κ1) is 12.4. The van der Waals surface area contributed by atoms with E-state index in [1.807, 2.05) is 18.7 Å². The van der Waals surface area contributed by atoms with E-state index in [0.717, 1.165) is 47.1 Å². The predicted molar refractivity (Wildman–Crippen MR) is 75.3 cm³/mol. The zero-order valence-corrected chi connectivity index (χ0v) is 11.9. The number of nitrogens with zero attached hydrogens (tertiary/aromatic N) is 4. The maximum atomic E-state index is 11.2. The van der Waals surface area contributed by atoms with Gasteiger partial charge < -0.3 is 10.6 Å². The van der Waals surface area contributed by atoms with Gasteiger partial charge in [-0.25, -0.2) is 9.67 Å². The van der Waals surface area contributed by atoms with Gasteiger partial charge in [0.25, 0.3) is 0 Å². The van der Waals surface area contributed by atoms with Crippen molar-refractivity contribution in [2.24, 2.45) is 18.7 Å². The van der Waals surface area contributed by atoms with E-state index in [1.165, 1.54) is 0 Å². The smallest absolute Gasteiger partial charge is 0.220 e. The maximum absolute atomic E-state index is 11.2. The first-order valence-electron chi connectivity index (χ1n) is 6.40. The average Bonchev–Trinajstić information content (AvgIpc) is 2.93. The highest BCUT2D eigenvalue weighted by molar-refractivity contribution is 7.22. The van der Waals surface area contributed by atoms with Gasteiger partial charge >= 0.3 is 0 Å². The van der Waals surface area contributed by atoms with Crippen LogP contribution in [0.2, 0.25) is 0 Å². The fourth-order valence-electron chi connectivity index (χ4n) is 2.56. The minimum absolute atomic E-state index is 0.0223. The van der Waals surface area contributed by atoms with E-state index >= 15 is 0 Å². The van der Waals surface area contributed by atoms with Crippen molar-refractivity contribution >= 4 is 32.7 Å². The lowest BCUT2D eigenvalue weighted by Crippen LogP contribution is -2.38. The van der Waals surface area contributed by atoms with Crippen molar-refractivity contribution < 1.29 is 4.79 Å². The molecule has 0 atom stereocenters. The van der Waals surface area contributed by atoms with Crippen molar-refractivity contribution in [2.45, 2.75) is 19.8 Å². The lowest BCUT2D eigenvalue weighted by atomic mass is 9.97. The molecule has 1 fully saturated rings. The van der Waals surface area contributed by atoms with Crippen LogP contribution in [0.25, 0.3) is 10.3 Å². The summed E-state index contributed by atoms with van der Waals surface area (Å²) in [5.41, 5.74) is 7.31. The quantitative estimate of drug-likeness (QED) is 0.891. The maximum Gasteiger partial charge on any atom is 0.220 e. The molecule has 1 aliphatic heterocycles. The molecule has 2 N–H and O–H groups in total. The second-order valence-electron chi connectivity index (χ2n) is 5.02. The number of aromatic nitrogens is 3. The van der Waals surface area contributed by atoms with Crippen LogP contribution in [0.5, 0.6) is 0 Å². The Labute approximate surface area is 115 Å². The highest BCUT2D eigenvalue weighted by atomic mass is 32.1. The van der Waals surface area contributed by atoms with Gasteiger partial charge in [-0.05, 0) is 19.8 Å². The number of carbonyl (C=O) groups is 1. The van der Waals surface area contributed by atoms with Crippen LogP contribution in [0.15, 0.2) is 0 Å². The fourth-order valence-corrected chi connectivity index (χ4v) is 3.65. The monoisotopic (exact) mass is 279 g/mol. The van der Waals surface area contributed by atoms with Crippen molar-refractivity contribution in [2.75, 3.05) is 18.0 Å². The summed E-state index contributed by atoms with van der Waals surface area (Å²) in [6, 6.07) is 0. The zero-order valence-electron chi connectivity index (χ0n) is 11.1. The number of hydrogen-bond donors (Lipinski definition) is 1. The second-order valence-corrected chi connectivity index (χ2v) is 6.00. The number of rotatable bonds is 2. The molecule has 0 unspecified atom stereocenters. The number of thiazole rings is 1. The van der Waals surface area contributed by atoms with E-state index in [2.05, 4.69) is 15.0 Å². The van der Waals surface area contributed by atoms with Gasteiger partial charge in [-0.1, -0.05) is 11.3 Å². The molecule has 1 saturated heterocycles. The molecule has 3 heterocycles. The van der Waals surface area contributed by atoms with Crippen molar-refractivity contribution in [1.82, 2.24) is 14.8 Å². The number of primary amides is 1. The highest BCUT2D eigenvalue weighted by Gasteiger charge is 2.25. The molecule has 6 nitrogen and oxygen atoms in total. The first-order chi connectivity index (χ1) is 9.06.